The molecular weight excluding hydrogens is 277 g/mol. The van der Waals surface area contributed by atoms with E-state index < -0.39 is 23.7 Å². The molecule has 0 saturated carbocycles. The summed E-state index contributed by atoms with van der Waals surface area (Å²) in [6.45, 7) is 0. The van der Waals surface area contributed by atoms with Crippen LogP contribution >= 0.6 is 11.8 Å². The lowest BCUT2D eigenvalue weighted by Gasteiger charge is -2.13. The van der Waals surface area contributed by atoms with E-state index in [-0.39, 0.29) is 5.69 Å². The van der Waals surface area contributed by atoms with E-state index in [1.165, 1.54) is 12.1 Å². The quantitative estimate of drug-likeness (QED) is 0.877. The van der Waals surface area contributed by atoms with E-state index in [1.54, 1.807) is 11.8 Å². The number of hydrogen-bond donors (Lipinski definition) is 2. The number of anilines is 1. The van der Waals surface area contributed by atoms with Gasteiger partial charge in [0, 0.05) is 5.69 Å². The number of hydrogen-bond acceptors (Lipinski definition) is 3. The van der Waals surface area contributed by atoms with E-state index in [2.05, 4.69) is 5.32 Å². The summed E-state index contributed by atoms with van der Waals surface area (Å²) < 4.78 is 37.5. The Morgan fingerprint density at radius 3 is 2.74 bits per heavy atom. The van der Waals surface area contributed by atoms with Crippen LogP contribution in [0.1, 0.15) is 12.0 Å². The molecule has 0 fully saturated rings. The van der Waals surface area contributed by atoms with Crippen LogP contribution in [0.4, 0.5) is 18.9 Å². The maximum Gasteiger partial charge on any atom is 0.416 e. The van der Waals surface area contributed by atoms with Gasteiger partial charge in [-0.1, -0.05) is 6.07 Å². The van der Waals surface area contributed by atoms with Gasteiger partial charge in [0.15, 0.2) is 0 Å². The molecule has 0 aliphatic carbocycles. The topological polar surface area (TPSA) is 55.1 Å². The molecule has 0 aliphatic heterocycles. The number of amides is 1. The van der Waals surface area contributed by atoms with Gasteiger partial charge in [0.05, 0.1) is 11.6 Å². The van der Waals surface area contributed by atoms with E-state index >= 15 is 0 Å². The number of nitrogens with one attached hydrogen (secondary N) is 1. The minimum Gasteiger partial charge on any atom is -0.325 e. The number of rotatable bonds is 5. The Bertz CT molecular complexity index is 437. The molecule has 3 nitrogen and oxygen atoms in total. The van der Waals surface area contributed by atoms with Crippen molar-refractivity contribution in [3.8, 4) is 0 Å². The number of benzene rings is 1. The van der Waals surface area contributed by atoms with Gasteiger partial charge in [0.25, 0.3) is 0 Å². The second-order valence-corrected chi connectivity index (χ2v) is 4.94. The van der Waals surface area contributed by atoms with Gasteiger partial charge in [-0.25, -0.2) is 0 Å². The molecule has 1 amide bonds. The minimum atomic E-state index is -4.43. The molecular formula is C12H15F3N2OS. The van der Waals surface area contributed by atoms with Gasteiger partial charge in [-0.2, -0.15) is 24.9 Å². The average Bonchev–Trinajstić information content (AvgIpc) is 2.35. The zero-order chi connectivity index (χ0) is 14.5. The number of alkyl halides is 3. The maximum absolute atomic E-state index is 12.5. The van der Waals surface area contributed by atoms with Gasteiger partial charge in [-0.15, -0.1) is 0 Å². The molecule has 1 aromatic rings. The highest BCUT2D eigenvalue weighted by Crippen LogP contribution is 2.30. The van der Waals surface area contributed by atoms with Crippen molar-refractivity contribution in [1.82, 2.24) is 0 Å². The van der Waals surface area contributed by atoms with Crippen LogP contribution in [0.3, 0.4) is 0 Å². The highest BCUT2D eigenvalue weighted by Gasteiger charge is 2.30. The first kappa shape index (κ1) is 15.8. The van der Waals surface area contributed by atoms with E-state index in [9.17, 15) is 18.0 Å². The van der Waals surface area contributed by atoms with Gasteiger partial charge in [-0.05, 0) is 36.6 Å². The van der Waals surface area contributed by atoms with Crippen molar-refractivity contribution in [1.29, 1.82) is 0 Å². The molecule has 0 aliphatic rings. The van der Waals surface area contributed by atoms with Crippen LogP contribution in [0.25, 0.3) is 0 Å². The zero-order valence-electron chi connectivity index (χ0n) is 10.3. The molecule has 3 N–H and O–H groups in total. The standard InChI is InChI=1S/C12H15F3N2OS/c1-19-6-5-10(16)11(18)17-9-4-2-3-8(7-9)12(13,14)15/h2-4,7,10H,5-6,16H2,1H3,(H,17,18)/t10-/m1/s1. The van der Waals surface area contributed by atoms with Gasteiger partial charge < -0.3 is 11.1 Å². The molecule has 19 heavy (non-hydrogen) atoms. The molecule has 0 radical (unpaired) electrons. The summed E-state index contributed by atoms with van der Waals surface area (Å²) in [6, 6.07) is 3.75. The SMILES string of the molecule is CSCC[C@@H](N)C(=O)Nc1cccc(C(F)(F)F)c1. The van der Waals surface area contributed by atoms with Crippen LogP contribution < -0.4 is 11.1 Å². The molecule has 0 aromatic heterocycles. The van der Waals surface area contributed by atoms with Crippen LogP contribution in [-0.4, -0.2) is 24.0 Å². The van der Waals surface area contributed by atoms with Crippen molar-refractivity contribution >= 4 is 23.4 Å². The minimum absolute atomic E-state index is 0.0967. The number of halogens is 3. The van der Waals surface area contributed by atoms with E-state index in [1.807, 2.05) is 6.26 Å². The third kappa shape index (κ3) is 5.12. The van der Waals surface area contributed by atoms with Gasteiger partial charge in [0.2, 0.25) is 5.91 Å². The molecule has 7 heteroatoms. The Balaban J connectivity index is 2.69. The highest BCUT2D eigenvalue weighted by atomic mass is 32.2. The molecule has 106 valence electrons. The zero-order valence-corrected chi connectivity index (χ0v) is 11.1. The largest absolute Gasteiger partial charge is 0.416 e. The molecule has 1 aromatic carbocycles. The lowest BCUT2D eigenvalue weighted by Crippen LogP contribution is -2.36. The van der Waals surface area contributed by atoms with Crippen molar-refractivity contribution in [3.63, 3.8) is 0 Å². The first-order valence-electron chi connectivity index (χ1n) is 5.57. The molecule has 0 spiro atoms. The summed E-state index contributed by atoms with van der Waals surface area (Å²) in [6.07, 6.45) is -2.06. The first-order chi connectivity index (χ1) is 8.84. The van der Waals surface area contributed by atoms with Gasteiger partial charge in [-0.3, -0.25) is 4.79 Å². The number of thioether (sulfide) groups is 1. The van der Waals surface area contributed by atoms with Crippen molar-refractivity contribution in [2.75, 3.05) is 17.3 Å². The Morgan fingerprint density at radius 1 is 1.47 bits per heavy atom. The first-order valence-corrected chi connectivity index (χ1v) is 6.96. The predicted octanol–water partition coefficient (Wildman–Crippen LogP) is 2.72. The smallest absolute Gasteiger partial charge is 0.325 e. The third-order valence-electron chi connectivity index (χ3n) is 2.43. The lowest BCUT2D eigenvalue weighted by atomic mass is 10.1. The molecule has 1 rings (SSSR count). The van der Waals surface area contributed by atoms with Crippen molar-refractivity contribution < 1.29 is 18.0 Å². The number of carbonyl (C=O) groups is 1. The fourth-order valence-electron chi connectivity index (χ4n) is 1.38. The Morgan fingerprint density at radius 2 is 2.16 bits per heavy atom. The normalized spacial score (nSPS) is 13.1. The van der Waals surface area contributed by atoms with Gasteiger partial charge >= 0.3 is 6.18 Å². The summed E-state index contributed by atoms with van der Waals surface area (Å²) >= 11 is 1.55. The van der Waals surface area contributed by atoms with Crippen LogP contribution in [0.5, 0.6) is 0 Å². The second-order valence-electron chi connectivity index (χ2n) is 3.96. The van der Waals surface area contributed by atoms with Crippen molar-refractivity contribution in [3.05, 3.63) is 29.8 Å². The average molecular weight is 292 g/mol. The molecule has 0 bridgehead atoms. The summed E-state index contributed by atoms with van der Waals surface area (Å²) in [5.41, 5.74) is 4.92. The van der Waals surface area contributed by atoms with Crippen LogP contribution in [0.15, 0.2) is 24.3 Å². The van der Waals surface area contributed by atoms with Crippen LogP contribution in [-0.2, 0) is 11.0 Å². The predicted molar refractivity (Wildman–Crippen MR) is 71.0 cm³/mol. The Hall–Kier alpha value is -1.21. The monoisotopic (exact) mass is 292 g/mol. The third-order valence-corrected chi connectivity index (χ3v) is 3.07. The molecule has 0 unspecified atom stereocenters. The molecule has 0 saturated heterocycles. The lowest BCUT2D eigenvalue weighted by molar-refractivity contribution is -0.137. The van der Waals surface area contributed by atoms with Crippen molar-refractivity contribution in [2.45, 2.75) is 18.6 Å². The summed E-state index contributed by atoms with van der Waals surface area (Å²) in [4.78, 5) is 11.7. The number of nitrogens with two attached hydrogens (primary N) is 1. The second kappa shape index (κ2) is 6.81. The summed E-state index contributed by atoms with van der Waals surface area (Å²) in [5.74, 6) is 0.241. The fourth-order valence-corrected chi connectivity index (χ4v) is 1.87. The maximum atomic E-state index is 12.5. The Kier molecular flexibility index (Phi) is 5.68. The summed E-state index contributed by atoms with van der Waals surface area (Å²) in [7, 11) is 0. The molecule has 1 atom stereocenters. The van der Waals surface area contributed by atoms with E-state index in [0.717, 1.165) is 17.9 Å². The fraction of sp³-hybridized carbons (Fsp3) is 0.417. The van der Waals surface area contributed by atoms with E-state index in [4.69, 9.17) is 5.73 Å². The highest BCUT2D eigenvalue weighted by molar-refractivity contribution is 7.98. The van der Waals surface area contributed by atoms with Crippen LogP contribution in [0.2, 0.25) is 0 Å². The number of carbonyl (C=O) groups excluding carboxylic acids is 1. The van der Waals surface area contributed by atoms with E-state index in [0.29, 0.717) is 6.42 Å². The Labute approximate surface area is 113 Å². The molecule has 0 heterocycles. The summed E-state index contributed by atoms with van der Waals surface area (Å²) in [5, 5.41) is 2.39. The van der Waals surface area contributed by atoms with Crippen LogP contribution in [0, 0.1) is 0 Å². The van der Waals surface area contributed by atoms with Crippen molar-refractivity contribution in [2.24, 2.45) is 5.73 Å². The van der Waals surface area contributed by atoms with Gasteiger partial charge in [0.1, 0.15) is 0 Å².